The summed E-state index contributed by atoms with van der Waals surface area (Å²) in [6.45, 7) is 9.72. The highest BCUT2D eigenvalue weighted by Gasteiger charge is 2.15. The Morgan fingerprint density at radius 1 is 1.18 bits per heavy atom. The number of aliphatic hydroxyl groups is 1. The van der Waals surface area contributed by atoms with Gasteiger partial charge in [-0.15, -0.1) is 0 Å². The van der Waals surface area contributed by atoms with E-state index in [4.69, 9.17) is 0 Å². The molecule has 0 heterocycles. The van der Waals surface area contributed by atoms with E-state index in [1.165, 1.54) is 0 Å². The molecule has 0 aliphatic carbocycles. The highest BCUT2D eigenvalue weighted by atomic mass is 16.3. The predicted molar refractivity (Wildman–Crippen MR) is 72.9 cm³/mol. The molecule has 1 rings (SSSR count). The molecule has 0 aromatic heterocycles. The van der Waals surface area contributed by atoms with Crippen molar-refractivity contribution < 1.29 is 5.11 Å². The molecule has 2 nitrogen and oxygen atoms in total. The Balaban J connectivity index is 2.39. The van der Waals surface area contributed by atoms with E-state index in [9.17, 15) is 5.11 Å². The number of rotatable bonds is 5. The molecule has 2 heteroatoms. The Kier molecular flexibility index (Phi) is 5.16. The van der Waals surface area contributed by atoms with Gasteiger partial charge in [0.25, 0.3) is 0 Å². The summed E-state index contributed by atoms with van der Waals surface area (Å²) >= 11 is 0. The summed E-state index contributed by atoms with van der Waals surface area (Å²) in [6, 6.07) is 10.2. The first-order valence-corrected chi connectivity index (χ1v) is 6.35. The van der Waals surface area contributed by atoms with Gasteiger partial charge in [-0.2, -0.15) is 0 Å². The molecule has 1 aromatic rings. The molecule has 17 heavy (non-hydrogen) atoms. The van der Waals surface area contributed by atoms with Crippen LogP contribution in [0.1, 0.15) is 45.8 Å². The monoisotopic (exact) mass is 235 g/mol. The van der Waals surface area contributed by atoms with Gasteiger partial charge in [-0.3, -0.25) is 0 Å². The topological polar surface area (TPSA) is 32.3 Å². The van der Waals surface area contributed by atoms with E-state index in [0.29, 0.717) is 6.04 Å². The molecular weight excluding hydrogens is 210 g/mol. The molecule has 0 aliphatic rings. The first kappa shape index (κ1) is 14.2. The summed E-state index contributed by atoms with van der Waals surface area (Å²) in [5.41, 5.74) is 1.28. The molecular formula is C15H25NO. The standard InChI is InChI=1S/C15H25NO/c1-12(16-11-15(2,3)4)10-14(17)13-8-6-5-7-9-13/h5-9,12,14,16-17H,10-11H2,1-4H3. The van der Waals surface area contributed by atoms with Gasteiger partial charge in [0.1, 0.15) is 0 Å². The molecule has 2 unspecified atom stereocenters. The Morgan fingerprint density at radius 3 is 2.29 bits per heavy atom. The zero-order chi connectivity index (χ0) is 12.9. The number of aliphatic hydroxyl groups excluding tert-OH is 1. The fourth-order valence-corrected chi connectivity index (χ4v) is 1.71. The zero-order valence-electron chi connectivity index (χ0n) is 11.4. The third-order valence-corrected chi connectivity index (χ3v) is 2.74. The van der Waals surface area contributed by atoms with Crippen LogP contribution in [0.25, 0.3) is 0 Å². The summed E-state index contributed by atoms with van der Waals surface area (Å²) in [4.78, 5) is 0. The van der Waals surface area contributed by atoms with Crippen LogP contribution in [0.2, 0.25) is 0 Å². The van der Waals surface area contributed by atoms with Crippen LogP contribution in [-0.4, -0.2) is 17.7 Å². The fourth-order valence-electron chi connectivity index (χ4n) is 1.71. The quantitative estimate of drug-likeness (QED) is 0.822. The Hall–Kier alpha value is -0.860. The minimum atomic E-state index is -0.376. The second-order valence-corrected chi connectivity index (χ2v) is 6.00. The Morgan fingerprint density at radius 2 is 1.76 bits per heavy atom. The molecule has 0 spiro atoms. The van der Waals surface area contributed by atoms with E-state index in [1.807, 2.05) is 30.3 Å². The molecule has 0 bridgehead atoms. The highest BCUT2D eigenvalue weighted by Crippen LogP contribution is 2.18. The smallest absolute Gasteiger partial charge is 0.0804 e. The summed E-state index contributed by atoms with van der Waals surface area (Å²) < 4.78 is 0. The molecule has 0 aliphatic heterocycles. The van der Waals surface area contributed by atoms with Crippen LogP contribution < -0.4 is 5.32 Å². The van der Waals surface area contributed by atoms with Crippen LogP contribution in [0.5, 0.6) is 0 Å². The van der Waals surface area contributed by atoms with Crippen molar-refractivity contribution in [3.63, 3.8) is 0 Å². The van der Waals surface area contributed by atoms with Crippen molar-refractivity contribution >= 4 is 0 Å². The molecule has 2 atom stereocenters. The van der Waals surface area contributed by atoms with E-state index in [2.05, 4.69) is 33.0 Å². The lowest BCUT2D eigenvalue weighted by Crippen LogP contribution is -2.34. The summed E-state index contributed by atoms with van der Waals surface area (Å²) in [7, 11) is 0. The number of hydrogen-bond acceptors (Lipinski definition) is 2. The normalized spacial score (nSPS) is 15.6. The molecule has 1 aromatic carbocycles. The largest absolute Gasteiger partial charge is 0.388 e. The lowest BCUT2D eigenvalue weighted by molar-refractivity contribution is 0.151. The number of hydrogen-bond donors (Lipinski definition) is 2. The Labute approximate surface area is 105 Å². The van der Waals surface area contributed by atoms with Gasteiger partial charge in [-0.25, -0.2) is 0 Å². The first-order valence-electron chi connectivity index (χ1n) is 6.35. The first-order chi connectivity index (χ1) is 7.88. The molecule has 2 N–H and O–H groups in total. The van der Waals surface area contributed by atoms with Crippen LogP contribution in [-0.2, 0) is 0 Å². The van der Waals surface area contributed by atoms with Gasteiger partial charge in [-0.05, 0) is 24.3 Å². The van der Waals surface area contributed by atoms with Crippen molar-refractivity contribution in [3.05, 3.63) is 35.9 Å². The van der Waals surface area contributed by atoms with Crippen molar-refractivity contribution in [2.75, 3.05) is 6.54 Å². The highest BCUT2D eigenvalue weighted by molar-refractivity contribution is 5.17. The van der Waals surface area contributed by atoms with Crippen molar-refractivity contribution in [1.29, 1.82) is 0 Å². The summed E-state index contributed by atoms with van der Waals surface area (Å²) in [6.07, 6.45) is 0.374. The number of benzene rings is 1. The van der Waals surface area contributed by atoms with E-state index < -0.39 is 0 Å². The van der Waals surface area contributed by atoms with Gasteiger partial charge in [0.2, 0.25) is 0 Å². The summed E-state index contributed by atoms with van der Waals surface area (Å²) in [5, 5.41) is 13.5. The van der Waals surface area contributed by atoms with Gasteiger partial charge in [0, 0.05) is 12.6 Å². The van der Waals surface area contributed by atoms with Gasteiger partial charge >= 0.3 is 0 Å². The predicted octanol–water partition coefficient (Wildman–Crippen LogP) is 3.13. The van der Waals surface area contributed by atoms with Crippen LogP contribution in [0.3, 0.4) is 0 Å². The lowest BCUT2D eigenvalue weighted by Gasteiger charge is -2.24. The van der Waals surface area contributed by atoms with Crippen LogP contribution >= 0.6 is 0 Å². The second kappa shape index (κ2) is 6.18. The average molecular weight is 235 g/mol. The zero-order valence-corrected chi connectivity index (χ0v) is 11.4. The van der Waals surface area contributed by atoms with Crippen molar-refractivity contribution in [2.45, 2.75) is 46.3 Å². The maximum atomic E-state index is 10.1. The van der Waals surface area contributed by atoms with E-state index in [-0.39, 0.29) is 11.5 Å². The van der Waals surface area contributed by atoms with E-state index in [1.54, 1.807) is 0 Å². The van der Waals surface area contributed by atoms with Gasteiger partial charge in [-0.1, -0.05) is 51.1 Å². The average Bonchev–Trinajstić information content (AvgIpc) is 2.27. The maximum absolute atomic E-state index is 10.1. The molecule has 0 amide bonds. The van der Waals surface area contributed by atoms with Gasteiger partial charge in [0.15, 0.2) is 0 Å². The van der Waals surface area contributed by atoms with Crippen molar-refractivity contribution in [1.82, 2.24) is 5.32 Å². The van der Waals surface area contributed by atoms with Crippen LogP contribution in [0.15, 0.2) is 30.3 Å². The molecule has 0 saturated carbocycles. The second-order valence-electron chi connectivity index (χ2n) is 6.00. The molecule has 0 radical (unpaired) electrons. The van der Waals surface area contributed by atoms with Gasteiger partial charge < -0.3 is 10.4 Å². The van der Waals surface area contributed by atoms with E-state index >= 15 is 0 Å². The summed E-state index contributed by atoms with van der Waals surface area (Å²) in [5.74, 6) is 0. The minimum absolute atomic E-state index is 0.284. The van der Waals surface area contributed by atoms with Gasteiger partial charge in [0.05, 0.1) is 6.10 Å². The molecule has 0 fully saturated rings. The third kappa shape index (κ3) is 5.85. The molecule has 0 saturated heterocycles. The van der Waals surface area contributed by atoms with Crippen LogP contribution in [0, 0.1) is 5.41 Å². The minimum Gasteiger partial charge on any atom is -0.388 e. The lowest BCUT2D eigenvalue weighted by atomic mass is 9.96. The maximum Gasteiger partial charge on any atom is 0.0804 e. The third-order valence-electron chi connectivity index (χ3n) is 2.74. The van der Waals surface area contributed by atoms with Crippen molar-refractivity contribution in [2.24, 2.45) is 5.41 Å². The van der Waals surface area contributed by atoms with Crippen LogP contribution in [0.4, 0.5) is 0 Å². The van der Waals surface area contributed by atoms with E-state index in [0.717, 1.165) is 18.5 Å². The SMILES string of the molecule is CC(CC(O)c1ccccc1)NCC(C)(C)C. The van der Waals surface area contributed by atoms with Crippen molar-refractivity contribution in [3.8, 4) is 0 Å². The molecule has 96 valence electrons. The number of nitrogens with one attached hydrogen (secondary N) is 1. The Bertz CT molecular complexity index is 315. The fraction of sp³-hybridized carbons (Fsp3) is 0.600.